The largest absolute Gasteiger partial charge is 0.480 e. The molecule has 0 aromatic heterocycles. The van der Waals surface area contributed by atoms with Gasteiger partial charge in [-0.05, 0) is 18.9 Å². The zero-order valence-corrected chi connectivity index (χ0v) is 10.7. The molecule has 19 heavy (non-hydrogen) atoms. The van der Waals surface area contributed by atoms with Crippen molar-refractivity contribution in [3.63, 3.8) is 0 Å². The first kappa shape index (κ1) is 13.6. The highest BCUT2D eigenvalue weighted by Gasteiger charge is 2.36. The number of benzene rings is 1. The van der Waals surface area contributed by atoms with Crippen LogP contribution in [0, 0.1) is 10.1 Å². The highest BCUT2D eigenvalue weighted by molar-refractivity contribution is 7.82. The number of rotatable bonds is 4. The van der Waals surface area contributed by atoms with E-state index in [-0.39, 0.29) is 10.6 Å². The fourth-order valence-electron chi connectivity index (χ4n) is 2.07. The second kappa shape index (κ2) is 5.45. The third-order valence-corrected chi connectivity index (χ3v) is 4.54. The van der Waals surface area contributed by atoms with Gasteiger partial charge in [0.1, 0.15) is 21.9 Å². The Kier molecular flexibility index (Phi) is 3.91. The summed E-state index contributed by atoms with van der Waals surface area (Å²) in [5, 5.41) is 19.9. The number of hydrogen-bond donors (Lipinski definition) is 1. The van der Waals surface area contributed by atoms with Crippen molar-refractivity contribution < 1.29 is 19.0 Å². The average molecular weight is 284 g/mol. The Morgan fingerprint density at radius 2 is 2.16 bits per heavy atom. The van der Waals surface area contributed by atoms with Crippen LogP contribution in [0.2, 0.25) is 0 Å². The molecule has 1 fully saturated rings. The first-order valence-electron chi connectivity index (χ1n) is 5.67. The molecule has 0 aliphatic carbocycles. The van der Waals surface area contributed by atoms with E-state index in [4.69, 9.17) is 5.11 Å². The Morgan fingerprint density at radius 3 is 2.79 bits per heavy atom. The fourth-order valence-corrected chi connectivity index (χ4v) is 3.56. The molecule has 1 heterocycles. The van der Waals surface area contributed by atoms with Crippen LogP contribution in [0.15, 0.2) is 29.2 Å². The summed E-state index contributed by atoms with van der Waals surface area (Å²) in [5.41, 5.74) is -0.253. The first-order valence-corrected chi connectivity index (χ1v) is 6.78. The van der Waals surface area contributed by atoms with E-state index >= 15 is 0 Å². The van der Waals surface area contributed by atoms with Crippen LogP contribution in [0.1, 0.15) is 12.8 Å². The van der Waals surface area contributed by atoms with E-state index in [9.17, 15) is 19.1 Å². The van der Waals surface area contributed by atoms with Crippen LogP contribution in [0.4, 0.5) is 5.69 Å². The van der Waals surface area contributed by atoms with E-state index in [1.165, 1.54) is 22.5 Å². The summed E-state index contributed by atoms with van der Waals surface area (Å²) in [6, 6.07) is 4.84. The Bertz CT molecular complexity index is 548. The molecule has 0 bridgehead atoms. The number of nitro benzene ring substituents is 1. The highest BCUT2D eigenvalue weighted by atomic mass is 32.2. The predicted molar refractivity (Wildman–Crippen MR) is 66.9 cm³/mol. The van der Waals surface area contributed by atoms with Gasteiger partial charge in [-0.15, -0.1) is 0 Å². The smallest absolute Gasteiger partial charge is 0.321 e. The van der Waals surface area contributed by atoms with Crippen LogP contribution in [0.3, 0.4) is 0 Å². The van der Waals surface area contributed by atoms with Crippen LogP contribution in [0.25, 0.3) is 0 Å². The molecular formula is C11H12N2O5S. The maximum Gasteiger partial charge on any atom is 0.321 e. The number of carboxylic acid groups (broad SMARTS) is 1. The zero-order chi connectivity index (χ0) is 14.0. The van der Waals surface area contributed by atoms with E-state index in [0.29, 0.717) is 19.4 Å². The molecule has 102 valence electrons. The van der Waals surface area contributed by atoms with E-state index in [1.807, 2.05) is 0 Å². The van der Waals surface area contributed by atoms with Gasteiger partial charge < -0.3 is 5.11 Å². The Morgan fingerprint density at radius 1 is 1.47 bits per heavy atom. The van der Waals surface area contributed by atoms with Gasteiger partial charge in [0.15, 0.2) is 0 Å². The Hall–Kier alpha value is -1.80. The summed E-state index contributed by atoms with van der Waals surface area (Å²) in [6.07, 6.45) is 1.02. The molecule has 7 nitrogen and oxygen atoms in total. The topological polar surface area (TPSA) is 101 Å². The SMILES string of the molecule is O=C(O)[C@@H]1CCCN1S(=O)c1ccccc1[N+](=O)[O-]. The van der Waals surface area contributed by atoms with Gasteiger partial charge in [0, 0.05) is 12.6 Å². The molecular weight excluding hydrogens is 272 g/mol. The van der Waals surface area contributed by atoms with Crippen LogP contribution < -0.4 is 0 Å². The first-order chi connectivity index (χ1) is 9.02. The molecule has 1 unspecified atom stereocenters. The lowest BCUT2D eigenvalue weighted by molar-refractivity contribution is -0.387. The van der Waals surface area contributed by atoms with Crippen molar-refractivity contribution in [2.75, 3.05) is 6.54 Å². The second-order valence-corrected chi connectivity index (χ2v) is 5.52. The van der Waals surface area contributed by atoms with Gasteiger partial charge in [-0.25, -0.2) is 8.51 Å². The van der Waals surface area contributed by atoms with E-state index in [0.717, 1.165) is 0 Å². The molecule has 8 heteroatoms. The van der Waals surface area contributed by atoms with E-state index < -0.39 is 27.9 Å². The van der Waals surface area contributed by atoms with E-state index in [2.05, 4.69) is 0 Å². The van der Waals surface area contributed by atoms with Gasteiger partial charge in [-0.2, -0.15) is 0 Å². The molecule has 1 aliphatic heterocycles. The number of aliphatic carboxylic acids is 1. The standard InChI is InChI=1S/C11H12N2O5S/c14-11(15)9-5-3-7-12(9)19(18)10-6-2-1-4-8(10)13(16)17/h1-2,4,6,9H,3,5,7H2,(H,14,15)/t9-,19?/m0/s1. The lowest BCUT2D eigenvalue weighted by atomic mass is 10.2. The number of nitrogens with zero attached hydrogens (tertiary/aromatic N) is 2. The van der Waals surface area contributed by atoms with Gasteiger partial charge in [0.05, 0.1) is 4.92 Å². The monoisotopic (exact) mass is 284 g/mol. The minimum absolute atomic E-state index is 0.0423. The molecule has 2 atom stereocenters. The number of nitro groups is 1. The quantitative estimate of drug-likeness (QED) is 0.660. The molecule has 1 saturated heterocycles. The summed E-state index contributed by atoms with van der Waals surface area (Å²) >= 11 is 0. The fraction of sp³-hybridized carbons (Fsp3) is 0.364. The van der Waals surface area contributed by atoms with Crippen molar-refractivity contribution in [1.29, 1.82) is 0 Å². The van der Waals surface area contributed by atoms with Gasteiger partial charge >= 0.3 is 5.97 Å². The molecule has 0 radical (unpaired) electrons. The van der Waals surface area contributed by atoms with Crippen LogP contribution >= 0.6 is 0 Å². The summed E-state index contributed by atoms with van der Waals surface area (Å²) in [6.45, 7) is 0.357. The number of carboxylic acids is 1. The number of hydrogen-bond acceptors (Lipinski definition) is 4. The molecule has 0 saturated carbocycles. The molecule has 1 N–H and O–H groups in total. The van der Waals surface area contributed by atoms with Crippen LogP contribution in [0.5, 0.6) is 0 Å². The molecule has 2 rings (SSSR count). The summed E-state index contributed by atoms with van der Waals surface area (Å²) in [5.74, 6) is -1.05. The van der Waals surface area contributed by atoms with E-state index in [1.54, 1.807) is 6.07 Å². The molecule has 1 aromatic rings. The average Bonchev–Trinajstić information content (AvgIpc) is 2.87. The third-order valence-electron chi connectivity index (χ3n) is 2.95. The maximum absolute atomic E-state index is 12.4. The lowest BCUT2D eigenvalue weighted by Gasteiger charge is -2.19. The Balaban J connectivity index is 2.34. The molecule has 0 amide bonds. The van der Waals surface area contributed by atoms with Gasteiger partial charge in [-0.3, -0.25) is 14.9 Å². The molecule has 0 spiro atoms. The highest BCUT2D eigenvalue weighted by Crippen LogP contribution is 2.28. The lowest BCUT2D eigenvalue weighted by Crippen LogP contribution is -2.37. The van der Waals surface area contributed by atoms with Crippen molar-refractivity contribution in [3.05, 3.63) is 34.4 Å². The summed E-state index contributed by atoms with van der Waals surface area (Å²) in [4.78, 5) is 21.4. The predicted octanol–water partition coefficient (Wildman–Crippen LogP) is 1.17. The van der Waals surface area contributed by atoms with Crippen molar-refractivity contribution in [2.45, 2.75) is 23.8 Å². The van der Waals surface area contributed by atoms with Gasteiger partial charge in [-0.1, -0.05) is 12.1 Å². The van der Waals surface area contributed by atoms with Crippen LogP contribution in [-0.2, 0) is 15.8 Å². The van der Waals surface area contributed by atoms with Crippen molar-refractivity contribution in [3.8, 4) is 0 Å². The maximum atomic E-state index is 12.4. The summed E-state index contributed by atoms with van der Waals surface area (Å²) < 4.78 is 13.7. The van der Waals surface area contributed by atoms with Gasteiger partial charge in [0.25, 0.3) is 5.69 Å². The van der Waals surface area contributed by atoms with Crippen molar-refractivity contribution in [2.24, 2.45) is 0 Å². The zero-order valence-electron chi connectivity index (χ0n) is 9.89. The normalized spacial score (nSPS) is 21.2. The minimum atomic E-state index is -1.83. The molecule has 1 aliphatic rings. The number of para-hydroxylation sites is 1. The van der Waals surface area contributed by atoms with Crippen molar-refractivity contribution in [1.82, 2.24) is 4.31 Å². The second-order valence-electron chi connectivity index (χ2n) is 4.11. The minimum Gasteiger partial charge on any atom is -0.480 e. The summed E-state index contributed by atoms with van der Waals surface area (Å²) in [7, 11) is -1.83. The number of carbonyl (C=O) groups is 1. The van der Waals surface area contributed by atoms with Crippen molar-refractivity contribution >= 4 is 22.6 Å². The third kappa shape index (κ3) is 2.64. The molecule has 1 aromatic carbocycles. The van der Waals surface area contributed by atoms with Gasteiger partial charge in [0.2, 0.25) is 0 Å². The Labute approximate surface area is 111 Å². The van der Waals surface area contributed by atoms with Crippen LogP contribution in [-0.4, -0.2) is 37.1 Å².